The molecule has 15 heteroatoms. The number of aromatic amines is 1. The minimum Gasteiger partial charge on any atom is -0.500 e. The highest BCUT2D eigenvalue weighted by atomic mass is 16.5. The van der Waals surface area contributed by atoms with Gasteiger partial charge in [-0.3, -0.25) is 14.8 Å². The Labute approximate surface area is 239 Å². The number of pyridine rings is 2. The average molecular weight is 580 g/mol. The number of esters is 2. The van der Waals surface area contributed by atoms with Gasteiger partial charge in [0.2, 0.25) is 0 Å². The molecule has 0 spiro atoms. The van der Waals surface area contributed by atoms with E-state index in [1.54, 1.807) is 32.9 Å². The van der Waals surface area contributed by atoms with Crippen molar-refractivity contribution in [3.8, 4) is 6.07 Å². The van der Waals surface area contributed by atoms with E-state index in [1.807, 2.05) is 0 Å². The number of aromatic nitrogens is 5. The molecule has 0 amide bonds. The summed E-state index contributed by atoms with van der Waals surface area (Å²) in [6.45, 7) is 6.29. The van der Waals surface area contributed by atoms with Crippen molar-refractivity contribution in [3.63, 3.8) is 0 Å². The lowest BCUT2D eigenvalue weighted by Gasteiger charge is -2.02. The number of carbonyl (C=O) groups is 3. The number of nitrogens with zero attached hydrogens (tertiary/aromatic N) is 5. The smallest absolute Gasteiger partial charge is 0.352 e. The number of ether oxygens (including phenoxy) is 3. The van der Waals surface area contributed by atoms with Crippen LogP contribution in [0, 0.1) is 11.3 Å². The summed E-state index contributed by atoms with van der Waals surface area (Å²) < 4.78 is 15.7. The van der Waals surface area contributed by atoms with Crippen LogP contribution in [0.5, 0.6) is 0 Å². The fraction of sp³-hybridized carbons (Fsp3) is 0.259. The maximum absolute atomic E-state index is 11.9. The minimum atomic E-state index is -0.965. The summed E-state index contributed by atoms with van der Waals surface area (Å²) in [6, 6.07) is 4.71. The normalized spacial score (nSPS) is 10.4. The Hall–Kier alpha value is -5.62. The van der Waals surface area contributed by atoms with Crippen LogP contribution in [0.3, 0.4) is 0 Å². The molecule has 15 nitrogen and oxygen atoms in total. The Kier molecular flexibility index (Phi) is 12.8. The van der Waals surface area contributed by atoms with Crippen LogP contribution in [0.4, 0.5) is 0 Å². The second-order valence-corrected chi connectivity index (χ2v) is 7.75. The van der Waals surface area contributed by atoms with Crippen LogP contribution in [-0.4, -0.2) is 67.4 Å². The van der Waals surface area contributed by atoms with E-state index in [2.05, 4.69) is 24.8 Å². The molecule has 0 aromatic carbocycles. The number of carboxylic acids is 1. The molecule has 0 radical (unpaired) electrons. The third kappa shape index (κ3) is 8.44. The molecule has 4 aromatic rings. The van der Waals surface area contributed by atoms with Crippen LogP contribution >= 0.6 is 0 Å². The number of nitriles is 1. The lowest BCUT2D eigenvalue weighted by Crippen LogP contribution is -2.12. The molecule has 0 saturated heterocycles. The van der Waals surface area contributed by atoms with Gasteiger partial charge in [0.05, 0.1) is 48.7 Å². The maximum Gasteiger partial charge on any atom is 0.352 e. The molecule has 0 unspecified atom stereocenters. The van der Waals surface area contributed by atoms with Gasteiger partial charge in [-0.25, -0.2) is 18.9 Å². The number of carboxylic acid groups (broad SMARTS) is 1. The number of fused-ring (bicyclic) bond motifs is 3. The summed E-state index contributed by atoms with van der Waals surface area (Å²) in [4.78, 5) is 55.4. The first-order valence-electron chi connectivity index (χ1n) is 12.5. The molecule has 4 rings (SSSR count). The van der Waals surface area contributed by atoms with Crippen molar-refractivity contribution in [1.82, 2.24) is 24.6 Å². The van der Waals surface area contributed by atoms with Gasteiger partial charge >= 0.3 is 17.9 Å². The van der Waals surface area contributed by atoms with Gasteiger partial charge < -0.3 is 30.0 Å². The number of aromatic carboxylic acids is 1. The zero-order chi connectivity index (χ0) is 31.1. The Bertz CT molecular complexity index is 1670. The summed E-state index contributed by atoms with van der Waals surface area (Å²) >= 11 is 0. The zero-order valence-electron chi connectivity index (χ0n) is 23.1. The first kappa shape index (κ1) is 32.6. The van der Waals surface area contributed by atoms with Gasteiger partial charge in [0.25, 0.3) is 5.56 Å². The molecule has 0 aliphatic carbocycles. The van der Waals surface area contributed by atoms with E-state index in [-0.39, 0.29) is 42.0 Å². The lowest BCUT2D eigenvalue weighted by molar-refractivity contribution is -0.138. The van der Waals surface area contributed by atoms with Gasteiger partial charge in [-0.2, -0.15) is 10.4 Å². The number of hydrogen-bond donors (Lipinski definition) is 3. The monoisotopic (exact) mass is 579 g/mol. The number of hydrogen-bond acceptors (Lipinski definition) is 12. The van der Waals surface area contributed by atoms with Crippen molar-refractivity contribution in [2.75, 3.05) is 19.8 Å². The topological polar surface area (TPSA) is 225 Å². The molecule has 4 aromatic heterocycles. The van der Waals surface area contributed by atoms with E-state index in [9.17, 15) is 19.2 Å². The van der Waals surface area contributed by atoms with Gasteiger partial charge in [0.1, 0.15) is 17.9 Å². The van der Waals surface area contributed by atoms with Crippen LogP contribution in [0.15, 0.2) is 59.7 Å². The predicted molar refractivity (Wildman–Crippen MR) is 148 cm³/mol. The molecule has 0 atom stereocenters. The fourth-order valence-electron chi connectivity index (χ4n) is 3.23. The van der Waals surface area contributed by atoms with Crippen molar-refractivity contribution in [2.45, 2.75) is 27.3 Å². The summed E-state index contributed by atoms with van der Waals surface area (Å²) in [5.74, 6) is -2.13. The van der Waals surface area contributed by atoms with Crippen LogP contribution in [0.25, 0.3) is 16.6 Å². The molecule has 4 N–H and O–H groups in total. The largest absolute Gasteiger partial charge is 0.500 e. The van der Waals surface area contributed by atoms with E-state index in [0.29, 0.717) is 28.7 Å². The zero-order valence-corrected chi connectivity index (χ0v) is 23.1. The first-order chi connectivity index (χ1) is 20.2. The molecule has 0 aliphatic heterocycles. The lowest BCUT2D eigenvalue weighted by atomic mass is 10.1. The number of carbonyl (C=O) groups excluding carboxylic acids is 2. The highest BCUT2D eigenvalue weighted by Gasteiger charge is 2.17. The predicted octanol–water partition coefficient (Wildman–Crippen LogP) is 1.98. The van der Waals surface area contributed by atoms with Crippen LogP contribution in [-0.2, 0) is 25.5 Å². The van der Waals surface area contributed by atoms with Crippen LogP contribution < -0.4 is 11.3 Å². The Morgan fingerprint density at radius 2 is 1.74 bits per heavy atom. The molecule has 42 heavy (non-hydrogen) atoms. The Morgan fingerprint density at radius 1 is 1.05 bits per heavy atom. The first-order valence-corrected chi connectivity index (χ1v) is 12.5. The standard InChI is InChI=1S/C12H10N4O3.C8H11NO3.C7H8N2O2/c1-2-19-12(18)8-5-14-16-9-6-13-4-3-7(9)11(17)15-10(8)16;1-3-11-6-7(5-9)8(10)12-4-2;8-3-5-4-9-2-1-6(5)7(10)11/h3-6H,2H2,1H3,(H,15,17);6H,3-4H2,1-2H3;1-2,4H,3,8H2,(H,10,11)/b;7-6-;. The highest BCUT2D eigenvalue weighted by molar-refractivity contribution is 5.97. The third-order valence-corrected chi connectivity index (χ3v) is 5.11. The van der Waals surface area contributed by atoms with Gasteiger partial charge in [0, 0.05) is 25.1 Å². The van der Waals surface area contributed by atoms with Gasteiger partial charge in [-0.1, -0.05) is 0 Å². The second kappa shape index (κ2) is 16.5. The SMILES string of the molecule is CCO/C=C(/C#N)C(=O)OCC.CCOC(=O)c1cnn2c1[nH]c(=O)c1ccncc12.NCc1cnccc1C(=O)O. The van der Waals surface area contributed by atoms with E-state index in [1.165, 1.54) is 41.6 Å². The van der Waals surface area contributed by atoms with Gasteiger partial charge in [-0.05, 0) is 38.5 Å². The Morgan fingerprint density at radius 3 is 2.33 bits per heavy atom. The van der Waals surface area contributed by atoms with Crippen molar-refractivity contribution >= 4 is 34.5 Å². The van der Waals surface area contributed by atoms with Gasteiger partial charge in [0.15, 0.2) is 11.2 Å². The minimum absolute atomic E-state index is 0.112. The molecule has 0 bridgehead atoms. The van der Waals surface area contributed by atoms with E-state index >= 15 is 0 Å². The van der Waals surface area contributed by atoms with Crippen LogP contribution in [0.2, 0.25) is 0 Å². The molecule has 4 heterocycles. The van der Waals surface area contributed by atoms with E-state index in [4.69, 9.17) is 25.6 Å². The van der Waals surface area contributed by atoms with E-state index < -0.39 is 17.9 Å². The average Bonchev–Trinajstić information content (AvgIpc) is 3.43. The van der Waals surface area contributed by atoms with Gasteiger partial charge in [-0.15, -0.1) is 0 Å². The number of H-pyrrole nitrogens is 1. The molecule has 0 saturated carbocycles. The third-order valence-electron chi connectivity index (χ3n) is 5.11. The number of rotatable bonds is 8. The van der Waals surface area contributed by atoms with E-state index in [0.717, 1.165) is 6.26 Å². The number of nitrogens with one attached hydrogen (secondary N) is 1. The quantitative estimate of drug-likeness (QED) is 0.118. The summed E-state index contributed by atoms with van der Waals surface area (Å²) in [6.07, 6.45) is 8.43. The van der Waals surface area contributed by atoms with Crippen molar-refractivity contribution < 1.29 is 33.7 Å². The van der Waals surface area contributed by atoms with Crippen molar-refractivity contribution in [1.29, 1.82) is 5.26 Å². The molecule has 220 valence electrons. The second-order valence-electron chi connectivity index (χ2n) is 7.75. The maximum atomic E-state index is 11.9. The molecule has 0 fully saturated rings. The molecular formula is C27H29N7O8. The molecular weight excluding hydrogens is 550 g/mol. The van der Waals surface area contributed by atoms with Crippen molar-refractivity contribution in [2.24, 2.45) is 5.73 Å². The summed E-state index contributed by atoms with van der Waals surface area (Å²) in [5, 5.41) is 21.6. The summed E-state index contributed by atoms with van der Waals surface area (Å²) in [7, 11) is 0. The molecule has 0 aliphatic rings. The fourth-order valence-corrected chi connectivity index (χ4v) is 3.23. The summed E-state index contributed by atoms with van der Waals surface area (Å²) in [5.41, 5.74) is 6.73. The van der Waals surface area contributed by atoms with Crippen molar-refractivity contribution in [3.05, 3.63) is 82.0 Å². The number of nitrogens with two attached hydrogens (primary N) is 1. The highest BCUT2D eigenvalue weighted by Crippen LogP contribution is 2.14. The Balaban J connectivity index is 0.000000234. The van der Waals surface area contributed by atoms with Crippen LogP contribution in [0.1, 0.15) is 47.1 Å².